The van der Waals surface area contributed by atoms with E-state index >= 15 is 0 Å². The van der Waals surface area contributed by atoms with Crippen LogP contribution in [-0.4, -0.2) is 4.98 Å². The lowest BCUT2D eigenvalue weighted by Crippen LogP contribution is -1.96. The summed E-state index contributed by atoms with van der Waals surface area (Å²) in [6, 6.07) is 9.62. The summed E-state index contributed by atoms with van der Waals surface area (Å²) in [6.45, 7) is 0. The van der Waals surface area contributed by atoms with Gasteiger partial charge >= 0.3 is 0 Å². The monoisotopic (exact) mass is 270 g/mol. The number of aromatic nitrogens is 1. The predicted molar refractivity (Wildman–Crippen MR) is 70.6 cm³/mol. The van der Waals surface area contributed by atoms with E-state index in [2.05, 4.69) is 4.98 Å². The van der Waals surface area contributed by atoms with Crippen LogP contribution in [0.5, 0.6) is 0 Å². The molecule has 0 spiro atoms. The molecule has 1 aromatic carbocycles. The van der Waals surface area contributed by atoms with Crippen molar-refractivity contribution in [2.24, 2.45) is 0 Å². The smallest absolute Gasteiger partial charge is 0.293 e. The van der Waals surface area contributed by atoms with E-state index in [1.165, 1.54) is 0 Å². The number of nitrogens with two attached hydrogens (primary N) is 1. The molecule has 5 heterocycles. The lowest BCUT2D eigenvalue weighted by atomic mass is 10.1. The van der Waals surface area contributed by atoms with Crippen molar-refractivity contribution >= 4 is 29.3 Å². The topological polar surface area (TPSA) is 82.3 Å². The molecule has 2 aromatic heterocycles. The standard InChI is InChI=1S/C13H7N2O3P/c14-13-15-7(8(18-13)6-4-2-1-3-5-6)9-10-11-12(17-9)19(10,11)16/h1-5H,(H2,14,15). The molecule has 0 aliphatic carbocycles. The molecule has 0 saturated carbocycles. The third-order valence-electron chi connectivity index (χ3n) is 3.55. The maximum Gasteiger partial charge on any atom is 0.293 e. The Hall–Kier alpha value is -2.26. The van der Waals surface area contributed by atoms with Crippen molar-refractivity contribution in [1.82, 2.24) is 4.98 Å². The van der Waals surface area contributed by atoms with E-state index in [9.17, 15) is 4.57 Å². The first-order valence-electron chi connectivity index (χ1n) is 5.82. The normalized spacial score (nSPS) is 21.3. The number of rotatable bonds is 2. The van der Waals surface area contributed by atoms with Crippen LogP contribution in [0.1, 0.15) is 0 Å². The van der Waals surface area contributed by atoms with Crippen LogP contribution in [0, 0.1) is 0 Å². The average Bonchev–Trinajstić information content (AvgIpc) is 2.98. The molecular formula is C13H7N2O3P. The van der Waals surface area contributed by atoms with Crippen molar-refractivity contribution in [3.8, 4) is 22.8 Å². The number of hydrogen-bond donors (Lipinski definition) is 1. The SMILES string of the molecule is Nc1nc(-c2oc3c4c2P34=O)c(-c2ccccc2)o1. The molecule has 19 heavy (non-hydrogen) atoms. The minimum atomic E-state index is -2.25. The van der Waals surface area contributed by atoms with Crippen LogP contribution < -0.4 is 21.8 Å². The van der Waals surface area contributed by atoms with E-state index in [-0.39, 0.29) is 6.01 Å². The second-order valence-electron chi connectivity index (χ2n) is 4.64. The van der Waals surface area contributed by atoms with Gasteiger partial charge in [0.05, 0.1) is 10.6 Å². The number of furan rings is 1. The van der Waals surface area contributed by atoms with E-state index in [0.717, 1.165) is 16.2 Å². The highest BCUT2D eigenvalue weighted by atomic mass is 31.2. The largest absolute Gasteiger partial charge is 0.449 e. The Balaban J connectivity index is 1.75. The van der Waals surface area contributed by atoms with E-state index in [1.807, 2.05) is 30.3 Å². The quantitative estimate of drug-likeness (QED) is 0.491. The summed E-state index contributed by atoms with van der Waals surface area (Å²) in [5.41, 5.74) is 7.71. The van der Waals surface area contributed by atoms with Crippen molar-refractivity contribution in [3.63, 3.8) is 0 Å². The Morgan fingerprint density at radius 3 is 2.42 bits per heavy atom. The van der Waals surface area contributed by atoms with E-state index < -0.39 is 7.14 Å². The summed E-state index contributed by atoms with van der Waals surface area (Å²) in [7, 11) is -2.25. The van der Waals surface area contributed by atoms with Gasteiger partial charge in [-0.1, -0.05) is 30.3 Å². The number of nitrogen functional groups attached to an aromatic ring is 1. The maximum absolute atomic E-state index is 12.0. The summed E-state index contributed by atoms with van der Waals surface area (Å²) in [6.07, 6.45) is 0. The van der Waals surface area contributed by atoms with Gasteiger partial charge < -0.3 is 19.1 Å². The van der Waals surface area contributed by atoms with Crippen molar-refractivity contribution in [1.29, 1.82) is 0 Å². The van der Waals surface area contributed by atoms with Gasteiger partial charge in [-0.3, -0.25) is 0 Å². The zero-order valence-electron chi connectivity index (χ0n) is 9.58. The summed E-state index contributed by atoms with van der Waals surface area (Å²) >= 11 is 0. The number of anilines is 1. The van der Waals surface area contributed by atoms with E-state index in [4.69, 9.17) is 14.6 Å². The summed E-state index contributed by atoms with van der Waals surface area (Å²) in [5.74, 6) is 1.12. The molecule has 2 bridgehead atoms. The first-order valence-corrected chi connectivity index (χ1v) is 7.52. The Morgan fingerprint density at radius 1 is 1.05 bits per heavy atom. The summed E-state index contributed by atoms with van der Waals surface area (Å²) < 4.78 is 23.0. The molecule has 3 aliphatic rings. The molecule has 0 radical (unpaired) electrons. The average molecular weight is 270 g/mol. The predicted octanol–water partition coefficient (Wildman–Crippen LogP) is 1.45. The van der Waals surface area contributed by atoms with E-state index in [1.54, 1.807) is 0 Å². The summed E-state index contributed by atoms with van der Waals surface area (Å²) in [4.78, 5) is 4.17. The van der Waals surface area contributed by atoms with Gasteiger partial charge in [-0.2, -0.15) is 4.98 Å². The zero-order valence-corrected chi connectivity index (χ0v) is 10.5. The highest BCUT2D eigenvalue weighted by molar-refractivity contribution is 8.06. The second-order valence-corrected chi connectivity index (χ2v) is 7.16. The van der Waals surface area contributed by atoms with E-state index in [0.29, 0.717) is 22.7 Å². The Kier molecular flexibility index (Phi) is 1.36. The van der Waals surface area contributed by atoms with Crippen LogP contribution in [0.2, 0.25) is 0 Å². The van der Waals surface area contributed by atoms with Crippen LogP contribution in [0.4, 0.5) is 6.01 Å². The Morgan fingerprint density at radius 2 is 1.79 bits per heavy atom. The van der Waals surface area contributed by atoms with Crippen molar-refractivity contribution in [3.05, 3.63) is 30.3 Å². The van der Waals surface area contributed by atoms with Crippen LogP contribution >= 0.6 is 7.14 Å². The fourth-order valence-electron chi connectivity index (χ4n) is 2.54. The van der Waals surface area contributed by atoms with Gasteiger partial charge in [0.15, 0.2) is 22.7 Å². The van der Waals surface area contributed by atoms with Gasteiger partial charge in [0.25, 0.3) is 6.01 Å². The highest BCUT2D eigenvalue weighted by Gasteiger charge is 2.75. The number of oxazole rings is 1. The van der Waals surface area contributed by atoms with Gasteiger partial charge in [0.2, 0.25) is 7.14 Å². The van der Waals surface area contributed by atoms with Gasteiger partial charge in [-0.25, -0.2) is 0 Å². The molecule has 2 N–H and O–H groups in total. The number of nitrogens with zero attached hydrogens (tertiary/aromatic N) is 1. The van der Waals surface area contributed by atoms with Gasteiger partial charge in [0, 0.05) is 5.56 Å². The molecule has 0 fully saturated rings. The van der Waals surface area contributed by atoms with Crippen molar-refractivity contribution < 1.29 is 13.4 Å². The lowest BCUT2D eigenvalue weighted by molar-refractivity contribution is 0.588. The maximum atomic E-state index is 12.0. The highest BCUT2D eigenvalue weighted by Crippen LogP contribution is 2.70. The molecule has 6 rings (SSSR count). The first kappa shape index (κ1) is 9.64. The molecule has 3 aromatic rings. The molecule has 0 amide bonds. The van der Waals surface area contributed by atoms with Crippen LogP contribution in [0.3, 0.4) is 0 Å². The van der Waals surface area contributed by atoms with Crippen LogP contribution in [0.15, 0.2) is 39.2 Å². The minimum Gasteiger partial charge on any atom is -0.449 e. The Bertz CT molecular complexity index is 899. The molecule has 5 nitrogen and oxygen atoms in total. The fourth-order valence-corrected chi connectivity index (χ4v) is 5.02. The van der Waals surface area contributed by atoms with Gasteiger partial charge in [0.1, 0.15) is 0 Å². The molecule has 1 unspecified atom stereocenters. The van der Waals surface area contributed by atoms with Crippen molar-refractivity contribution in [2.45, 2.75) is 0 Å². The van der Waals surface area contributed by atoms with Gasteiger partial charge in [-0.05, 0) is 0 Å². The first-order chi connectivity index (χ1) is 9.21. The van der Waals surface area contributed by atoms with Crippen LogP contribution in [-0.2, 0) is 4.57 Å². The molecule has 3 aliphatic heterocycles. The molecule has 0 saturated heterocycles. The third-order valence-corrected chi connectivity index (χ3v) is 6.10. The Labute approximate surface area is 107 Å². The number of hydrogen-bond acceptors (Lipinski definition) is 5. The molecule has 1 atom stereocenters. The molecular weight excluding hydrogens is 263 g/mol. The second kappa shape index (κ2) is 2.68. The molecule has 6 heteroatoms. The van der Waals surface area contributed by atoms with Crippen molar-refractivity contribution in [2.75, 3.05) is 5.73 Å². The zero-order chi connectivity index (χ0) is 12.8. The van der Waals surface area contributed by atoms with Gasteiger partial charge in [-0.15, -0.1) is 0 Å². The van der Waals surface area contributed by atoms with Crippen LogP contribution in [0.25, 0.3) is 22.8 Å². The fraction of sp³-hybridized carbons (Fsp3) is 0. The summed E-state index contributed by atoms with van der Waals surface area (Å²) in [5, 5.41) is 1.73. The minimum absolute atomic E-state index is 0.0814. The number of benzene rings is 1. The lowest BCUT2D eigenvalue weighted by Gasteiger charge is -1.97. The molecule has 92 valence electrons. The number of fused-ring (bicyclic) bond motifs is 1. The third kappa shape index (κ3) is 0.956.